The molecule has 88 valence electrons. The summed E-state index contributed by atoms with van der Waals surface area (Å²) in [6.07, 6.45) is 3.70. The van der Waals surface area contributed by atoms with Crippen molar-refractivity contribution in [3.8, 4) is 0 Å². The zero-order valence-electron chi connectivity index (χ0n) is 9.56. The number of imide groups is 1. The minimum atomic E-state index is -0.387. The molecule has 1 aromatic carbocycles. The Balaban J connectivity index is 2.29. The number of nitrogens with zero attached hydrogens (tertiary/aromatic N) is 1. The maximum absolute atomic E-state index is 11.5. The van der Waals surface area contributed by atoms with Gasteiger partial charge >= 0.3 is 6.03 Å². The lowest BCUT2D eigenvalue weighted by atomic mass is 10.2. The Labute approximate surface area is 104 Å². The highest BCUT2D eigenvalue weighted by Gasteiger charge is 2.29. The Morgan fingerprint density at radius 2 is 1.88 bits per heavy atom. The fourth-order valence-electron chi connectivity index (χ4n) is 1.53. The van der Waals surface area contributed by atoms with Crippen LogP contribution in [0.2, 0.25) is 0 Å². The van der Waals surface area contributed by atoms with E-state index in [-0.39, 0.29) is 11.9 Å². The van der Waals surface area contributed by atoms with Gasteiger partial charge in [0.2, 0.25) is 0 Å². The van der Waals surface area contributed by atoms with Gasteiger partial charge in [0.1, 0.15) is 5.70 Å². The van der Waals surface area contributed by atoms with Gasteiger partial charge in [-0.15, -0.1) is 11.8 Å². The van der Waals surface area contributed by atoms with Crippen LogP contribution in [-0.2, 0) is 4.79 Å². The van der Waals surface area contributed by atoms with E-state index in [1.807, 2.05) is 30.5 Å². The number of benzene rings is 1. The molecule has 0 radical (unpaired) electrons. The van der Waals surface area contributed by atoms with Crippen molar-refractivity contribution in [2.24, 2.45) is 0 Å². The molecule has 5 heteroatoms. The number of rotatable bonds is 2. The molecule has 2 rings (SSSR count). The fourth-order valence-corrected chi connectivity index (χ4v) is 1.94. The third kappa shape index (κ3) is 2.34. The predicted octanol–water partition coefficient (Wildman–Crippen LogP) is 1.93. The number of hydrogen-bond acceptors (Lipinski definition) is 3. The monoisotopic (exact) mass is 248 g/mol. The first kappa shape index (κ1) is 11.7. The van der Waals surface area contributed by atoms with Crippen molar-refractivity contribution in [2.75, 3.05) is 13.3 Å². The summed E-state index contributed by atoms with van der Waals surface area (Å²) < 4.78 is 0. The minimum absolute atomic E-state index is 0.355. The molecule has 1 fully saturated rings. The predicted molar refractivity (Wildman–Crippen MR) is 67.5 cm³/mol. The molecule has 0 aliphatic carbocycles. The zero-order valence-corrected chi connectivity index (χ0v) is 10.4. The summed E-state index contributed by atoms with van der Waals surface area (Å²) in [6, 6.07) is 7.41. The molecule has 1 aliphatic rings. The molecule has 0 spiro atoms. The summed E-state index contributed by atoms with van der Waals surface area (Å²) in [7, 11) is 1.57. The molecule has 1 heterocycles. The molecule has 0 bridgehead atoms. The van der Waals surface area contributed by atoms with Crippen molar-refractivity contribution in [2.45, 2.75) is 4.90 Å². The molecule has 1 saturated heterocycles. The number of thioether (sulfide) groups is 1. The smallest absolute Gasteiger partial charge is 0.292 e. The van der Waals surface area contributed by atoms with Gasteiger partial charge in [-0.05, 0) is 30.0 Å². The van der Waals surface area contributed by atoms with E-state index in [1.165, 1.54) is 4.90 Å². The van der Waals surface area contributed by atoms with Crippen LogP contribution in [0.1, 0.15) is 5.56 Å². The highest BCUT2D eigenvalue weighted by Crippen LogP contribution is 2.18. The van der Waals surface area contributed by atoms with E-state index in [1.54, 1.807) is 24.9 Å². The molecule has 0 unspecified atom stereocenters. The van der Waals surface area contributed by atoms with Crippen LogP contribution < -0.4 is 5.32 Å². The normalized spacial score (nSPS) is 17.8. The molecule has 0 saturated carbocycles. The lowest BCUT2D eigenvalue weighted by Gasteiger charge is -2.06. The Kier molecular flexibility index (Phi) is 3.19. The maximum Gasteiger partial charge on any atom is 0.328 e. The van der Waals surface area contributed by atoms with Gasteiger partial charge in [-0.2, -0.15) is 0 Å². The Morgan fingerprint density at radius 1 is 1.24 bits per heavy atom. The zero-order chi connectivity index (χ0) is 12.4. The van der Waals surface area contributed by atoms with E-state index in [4.69, 9.17) is 0 Å². The van der Waals surface area contributed by atoms with Gasteiger partial charge < -0.3 is 0 Å². The van der Waals surface area contributed by atoms with E-state index >= 15 is 0 Å². The van der Waals surface area contributed by atoms with E-state index < -0.39 is 0 Å². The molecule has 17 heavy (non-hydrogen) atoms. The number of likely N-dealkylation sites (N-methyl/N-ethyl adjacent to an activating group) is 1. The van der Waals surface area contributed by atoms with E-state index in [0.717, 1.165) is 10.5 Å². The summed E-state index contributed by atoms with van der Waals surface area (Å²) in [5.41, 5.74) is 1.27. The fraction of sp³-hybridized carbons (Fsp3) is 0.167. The third-order valence-corrected chi connectivity index (χ3v) is 3.28. The van der Waals surface area contributed by atoms with Crippen LogP contribution in [-0.4, -0.2) is 30.1 Å². The SMILES string of the molecule is CSc1ccc(/C=C2/C(=O)NC(=O)N2C)cc1. The molecule has 1 aromatic rings. The second kappa shape index (κ2) is 4.63. The summed E-state index contributed by atoms with van der Waals surface area (Å²) in [5, 5.41) is 2.24. The van der Waals surface area contributed by atoms with Crippen LogP contribution in [0.15, 0.2) is 34.9 Å². The number of carbonyl (C=O) groups is 2. The van der Waals surface area contributed by atoms with Gasteiger partial charge in [0.15, 0.2) is 0 Å². The summed E-state index contributed by atoms with van der Waals surface area (Å²) in [6.45, 7) is 0. The van der Waals surface area contributed by atoms with Crippen LogP contribution in [0.4, 0.5) is 4.79 Å². The quantitative estimate of drug-likeness (QED) is 0.494. The minimum Gasteiger partial charge on any atom is -0.292 e. The molecular formula is C12H12N2O2S. The van der Waals surface area contributed by atoms with Gasteiger partial charge in [0.05, 0.1) is 0 Å². The van der Waals surface area contributed by atoms with Gasteiger partial charge in [0, 0.05) is 11.9 Å². The molecule has 1 N–H and O–H groups in total. The molecule has 3 amide bonds. The van der Waals surface area contributed by atoms with Gasteiger partial charge in [-0.1, -0.05) is 12.1 Å². The van der Waals surface area contributed by atoms with Crippen molar-refractivity contribution in [1.29, 1.82) is 0 Å². The maximum atomic E-state index is 11.5. The number of hydrogen-bond donors (Lipinski definition) is 1. The number of amides is 3. The van der Waals surface area contributed by atoms with Gasteiger partial charge in [-0.25, -0.2) is 4.79 Å². The molecule has 1 aliphatic heterocycles. The lowest BCUT2D eigenvalue weighted by molar-refractivity contribution is -0.115. The molecule has 0 aromatic heterocycles. The average molecular weight is 248 g/mol. The number of urea groups is 1. The van der Waals surface area contributed by atoms with Crippen molar-refractivity contribution < 1.29 is 9.59 Å². The van der Waals surface area contributed by atoms with Crippen molar-refractivity contribution >= 4 is 29.8 Å². The molecule has 0 atom stereocenters. The van der Waals surface area contributed by atoms with E-state index in [9.17, 15) is 9.59 Å². The summed E-state index contributed by atoms with van der Waals surface area (Å²) >= 11 is 1.66. The standard InChI is InChI=1S/C12H12N2O2S/c1-14-10(11(15)13-12(14)16)7-8-3-5-9(17-2)6-4-8/h3-7H,1-2H3,(H,13,15,16)/b10-7-. The highest BCUT2D eigenvalue weighted by molar-refractivity contribution is 7.98. The second-order valence-corrected chi connectivity index (χ2v) is 4.50. The lowest BCUT2D eigenvalue weighted by Crippen LogP contribution is -2.24. The largest absolute Gasteiger partial charge is 0.328 e. The first-order chi connectivity index (χ1) is 8.11. The Morgan fingerprint density at radius 3 is 2.35 bits per heavy atom. The third-order valence-electron chi connectivity index (χ3n) is 2.54. The topological polar surface area (TPSA) is 49.4 Å². The first-order valence-corrected chi connectivity index (χ1v) is 6.29. The van der Waals surface area contributed by atoms with Crippen molar-refractivity contribution in [3.63, 3.8) is 0 Å². The van der Waals surface area contributed by atoms with Crippen molar-refractivity contribution in [3.05, 3.63) is 35.5 Å². The second-order valence-electron chi connectivity index (χ2n) is 3.62. The van der Waals surface area contributed by atoms with Crippen LogP contribution >= 0.6 is 11.8 Å². The van der Waals surface area contributed by atoms with Crippen LogP contribution in [0.25, 0.3) is 6.08 Å². The number of carbonyl (C=O) groups excluding carboxylic acids is 2. The van der Waals surface area contributed by atoms with Gasteiger partial charge in [-0.3, -0.25) is 15.0 Å². The van der Waals surface area contributed by atoms with Crippen molar-refractivity contribution in [1.82, 2.24) is 10.2 Å². The number of nitrogens with one attached hydrogen (secondary N) is 1. The Hall–Kier alpha value is -1.75. The molecule has 4 nitrogen and oxygen atoms in total. The summed E-state index contributed by atoms with van der Waals surface area (Å²) in [5.74, 6) is -0.355. The van der Waals surface area contributed by atoms with Crippen LogP contribution in [0.5, 0.6) is 0 Å². The highest BCUT2D eigenvalue weighted by atomic mass is 32.2. The average Bonchev–Trinajstić information content (AvgIpc) is 2.57. The van der Waals surface area contributed by atoms with Crippen LogP contribution in [0, 0.1) is 0 Å². The Bertz CT molecular complexity index is 494. The molecular weight excluding hydrogens is 236 g/mol. The van der Waals surface area contributed by atoms with Crippen LogP contribution in [0.3, 0.4) is 0 Å². The van der Waals surface area contributed by atoms with E-state index in [0.29, 0.717) is 5.70 Å². The van der Waals surface area contributed by atoms with Gasteiger partial charge in [0.25, 0.3) is 5.91 Å². The summed E-state index contributed by atoms with van der Waals surface area (Å²) in [4.78, 5) is 25.2. The van der Waals surface area contributed by atoms with E-state index in [2.05, 4.69) is 5.32 Å². The first-order valence-electron chi connectivity index (χ1n) is 5.06.